The van der Waals surface area contributed by atoms with Crippen molar-refractivity contribution >= 4 is 11.6 Å². The topological polar surface area (TPSA) is 92.9 Å². The first-order valence-electron chi connectivity index (χ1n) is 6.91. The van der Waals surface area contributed by atoms with Crippen molar-refractivity contribution in [2.75, 3.05) is 11.9 Å². The molecule has 1 aromatic heterocycles. The van der Waals surface area contributed by atoms with Crippen LogP contribution >= 0.6 is 0 Å². The fraction of sp³-hybridized carbons (Fsp3) is 0.333. The lowest BCUT2D eigenvalue weighted by molar-refractivity contribution is -0.119. The summed E-state index contributed by atoms with van der Waals surface area (Å²) in [5.74, 6) is -0.217. The van der Waals surface area contributed by atoms with Crippen molar-refractivity contribution in [1.29, 1.82) is 0 Å². The van der Waals surface area contributed by atoms with E-state index in [1.54, 1.807) is 29.0 Å². The number of nitrogens with one attached hydrogen (secondary N) is 2. The Labute approximate surface area is 123 Å². The first-order chi connectivity index (χ1) is 10.0. The van der Waals surface area contributed by atoms with E-state index in [9.17, 15) is 9.59 Å². The maximum Gasteiger partial charge on any atom is 0.330 e. The van der Waals surface area contributed by atoms with Gasteiger partial charge in [-0.1, -0.05) is 13.0 Å². The lowest BCUT2D eigenvalue weighted by Crippen LogP contribution is -2.23. The predicted octanol–water partition coefficient (Wildman–Crippen LogP) is 1.40. The molecule has 1 heterocycles. The van der Waals surface area contributed by atoms with Crippen molar-refractivity contribution in [1.82, 2.24) is 9.55 Å². The van der Waals surface area contributed by atoms with Gasteiger partial charge in [0.2, 0.25) is 5.91 Å². The van der Waals surface area contributed by atoms with Gasteiger partial charge in [-0.25, -0.2) is 4.79 Å². The van der Waals surface area contributed by atoms with E-state index in [0.717, 1.165) is 5.69 Å². The Kier molecular flexibility index (Phi) is 4.59. The number of nitrogens with two attached hydrogens (primary N) is 1. The predicted molar refractivity (Wildman–Crippen MR) is 82.6 cm³/mol. The molecule has 0 saturated heterocycles. The van der Waals surface area contributed by atoms with Crippen LogP contribution in [0, 0.1) is 12.8 Å². The van der Waals surface area contributed by atoms with Crippen molar-refractivity contribution in [3.05, 3.63) is 46.6 Å². The highest BCUT2D eigenvalue weighted by atomic mass is 16.2. The van der Waals surface area contributed by atoms with E-state index in [1.165, 1.54) is 0 Å². The molecule has 2 aromatic rings. The van der Waals surface area contributed by atoms with Crippen LogP contribution in [0.2, 0.25) is 0 Å². The molecule has 1 atom stereocenters. The zero-order chi connectivity index (χ0) is 15.4. The van der Waals surface area contributed by atoms with Crippen LogP contribution in [0.5, 0.6) is 0 Å². The third-order valence-electron chi connectivity index (χ3n) is 3.38. The number of carbonyl (C=O) groups excluding carboxylic acids is 1. The van der Waals surface area contributed by atoms with Crippen LogP contribution in [-0.2, 0) is 4.79 Å². The van der Waals surface area contributed by atoms with Gasteiger partial charge in [-0.3, -0.25) is 9.36 Å². The molecule has 4 N–H and O–H groups in total. The number of hydrogen-bond acceptors (Lipinski definition) is 3. The van der Waals surface area contributed by atoms with Crippen LogP contribution in [0.25, 0.3) is 5.69 Å². The van der Waals surface area contributed by atoms with Crippen LogP contribution in [0.15, 0.2) is 35.3 Å². The fourth-order valence-corrected chi connectivity index (χ4v) is 2.15. The van der Waals surface area contributed by atoms with E-state index >= 15 is 0 Å². The molecule has 1 amide bonds. The van der Waals surface area contributed by atoms with Crippen LogP contribution < -0.4 is 16.7 Å². The maximum atomic E-state index is 12.0. The van der Waals surface area contributed by atoms with Gasteiger partial charge in [0.1, 0.15) is 0 Å². The summed E-state index contributed by atoms with van der Waals surface area (Å²) in [6, 6.07) is 7.19. The Hall–Kier alpha value is -2.34. The summed E-state index contributed by atoms with van der Waals surface area (Å²) in [4.78, 5) is 26.4. The van der Waals surface area contributed by atoms with Gasteiger partial charge in [0, 0.05) is 23.5 Å². The third kappa shape index (κ3) is 3.41. The number of amides is 1. The second kappa shape index (κ2) is 6.41. The van der Waals surface area contributed by atoms with E-state index in [-0.39, 0.29) is 17.5 Å². The Morgan fingerprint density at radius 3 is 2.86 bits per heavy atom. The lowest BCUT2D eigenvalue weighted by atomic mass is 10.1. The summed E-state index contributed by atoms with van der Waals surface area (Å²) in [5, 5.41) is 2.85. The van der Waals surface area contributed by atoms with E-state index in [1.807, 2.05) is 19.9 Å². The molecular formula is C15H20N4O2. The second-order valence-corrected chi connectivity index (χ2v) is 5.09. The number of aromatic amines is 1. The first-order valence-corrected chi connectivity index (χ1v) is 6.91. The maximum absolute atomic E-state index is 12.0. The third-order valence-corrected chi connectivity index (χ3v) is 3.38. The van der Waals surface area contributed by atoms with Gasteiger partial charge in [-0.15, -0.1) is 0 Å². The van der Waals surface area contributed by atoms with Crippen LogP contribution in [0.1, 0.15) is 19.0 Å². The molecule has 0 fully saturated rings. The SMILES string of the molecule is Cc1c[nH]c(=O)n1-c1cccc(NC(=O)C(C)CCN)c1. The molecule has 1 unspecified atom stereocenters. The molecule has 0 aliphatic heterocycles. The van der Waals surface area contributed by atoms with Crippen molar-refractivity contribution < 1.29 is 4.79 Å². The Balaban J connectivity index is 2.23. The summed E-state index contributed by atoms with van der Waals surface area (Å²) in [5.41, 5.74) is 7.44. The molecule has 0 radical (unpaired) electrons. The summed E-state index contributed by atoms with van der Waals surface area (Å²) in [6.45, 7) is 4.16. The van der Waals surface area contributed by atoms with Gasteiger partial charge < -0.3 is 16.0 Å². The number of imidazole rings is 1. The van der Waals surface area contributed by atoms with Gasteiger partial charge in [-0.05, 0) is 38.1 Å². The minimum atomic E-state index is -0.201. The summed E-state index contributed by atoms with van der Waals surface area (Å²) in [6.07, 6.45) is 2.29. The number of aromatic nitrogens is 2. The Morgan fingerprint density at radius 2 is 2.24 bits per heavy atom. The first kappa shape index (κ1) is 15.1. The minimum Gasteiger partial charge on any atom is -0.330 e. The molecule has 0 spiro atoms. The molecular weight excluding hydrogens is 268 g/mol. The highest BCUT2D eigenvalue weighted by Crippen LogP contribution is 2.16. The summed E-state index contributed by atoms with van der Waals surface area (Å²) < 4.78 is 1.55. The van der Waals surface area contributed by atoms with Crippen LogP contribution in [-0.4, -0.2) is 22.0 Å². The lowest BCUT2D eigenvalue weighted by Gasteiger charge is -2.12. The average molecular weight is 288 g/mol. The van der Waals surface area contributed by atoms with Crippen LogP contribution in [0.4, 0.5) is 5.69 Å². The van der Waals surface area contributed by atoms with Crippen molar-refractivity contribution in [2.24, 2.45) is 11.7 Å². The monoisotopic (exact) mass is 288 g/mol. The number of hydrogen-bond donors (Lipinski definition) is 3. The van der Waals surface area contributed by atoms with Gasteiger partial charge >= 0.3 is 5.69 Å². The van der Waals surface area contributed by atoms with Gasteiger partial charge in [-0.2, -0.15) is 0 Å². The molecule has 0 aliphatic rings. The van der Waals surface area contributed by atoms with Crippen molar-refractivity contribution in [2.45, 2.75) is 20.3 Å². The van der Waals surface area contributed by atoms with Crippen molar-refractivity contribution in [3.63, 3.8) is 0 Å². The zero-order valence-corrected chi connectivity index (χ0v) is 12.2. The number of nitrogens with zero attached hydrogens (tertiary/aromatic N) is 1. The van der Waals surface area contributed by atoms with Gasteiger partial charge in [0.25, 0.3) is 0 Å². The normalized spacial score (nSPS) is 12.1. The Bertz CT molecular complexity index is 687. The van der Waals surface area contributed by atoms with Crippen molar-refractivity contribution in [3.8, 4) is 5.69 Å². The van der Waals surface area contributed by atoms with Crippen LogP contribution in [0.3, 0.4) is 0 Å². The van der Waals surface area contributed by atoms with Gasteiger partial charge in [0.05, 0.1) is 5.69 Å². The number of rotatable bonds is 5. The van der Waals surface area contributed by atoms with E-state index < -0.39 is 0 Å². The van der Waals surface area contributed by atoms with E-state index in [0.29, 0.717) is 24.3 Å². The molecule has 6 heteroatoms. The quantitative estimate of drug-likeness (QED) is 0.776. The smallest absolute Gasteiger partial charge is 0.330 e. The van der Waals surface area contributed by atoms with Gasteiger partial charge in [0.15, 0.2) is 0 Å². The largest absolute Gasteiger partial charge is 0.330 e. The fourth-order valence-electron chi connectivity index (χ4n) is 2.15. The standard InChI is InChI=1S/C15H20N4O2/c1-10(6-7-16)14(20)18-12-4-3-5-13(8-12)19-11(2)9-17-15(19)21/h3-5,8-10H,6-7,16H2,1-2H3,(H,17,21)(H,18,20). The summed E-state index contributed by atoms with van der Waals surface area (Å²) in [7, 11) is 0. The Morgan fingerprint density at radius 1 is 1.48 bits per heavy atom. The van der Waals surface area contributed by atoms with E-state index in [4.69, 9.17) is 5.73 Å². The highest BCUT2D eigenvalue weighted by Gasteiger charge is 2.12. The molecule has 0 aliphatic carbocycles. The molecule has 6 nitrogen and oxygen atoms in total. The number of carbonyl (C=O) groups is 1. The minimum absolute atomic E-state index is 0.0734. The number of anilines is 1. The molecule has 21 heavy (non-hydrogen) atoms. The molecule has 0 saturated carbocycles. The molecule has 1 aromatic carbocycles. The average Bonchev–Trinajstić information content (AvgIpc) is 2.78. The number of benzene rings is 1. The van der Waals surface area contributed by atoms with E-state index in [2.05, 4.69) is 10.3 Å². The zero-order valence-electron chi connectivity index (χ0n) is 12.2. The highest BCUT2D eigenvalue weighted by molar-refractivity contribution is 5.92. The second-order valence-electron chi connectivity index (χ2n) is 5.09. The number of aryl methyl sites for hydroxylation is 1. The molecule has 112 valence electrons. The molecule has 2 rings (SSSR count). The number of H-pyrrole nitrogens is 1. The molecule has 0 bridgehead atoms. The summed E-state index contributed by atoms with van der Waals surface area (Å²) >= 11 is 0.